The van der Waals surface area contributed by atoms with Crippen LogP contribution in [-0.4, -0.2) is 45.2 Å². The first kappa shape index (κ1) is 11.2. The van der Waals surface area contributed by atoms with E-state index in [2.05, 4.69) is 16.8 Å². The van der Waals surface area contributed by atoms with Crippen molar-refractivity contribution in [1.29, 1.82) is 0 Å². The summed E-state index contributed by atoms with van der Waals surface area (Å²) in [6.07, 6.45) is 0. The maximum atomic E-state index is 13.2. The Bertz CT molecular complexity index is 362. The molecule has 16 heavy (non-hydrogen) atoms. The van der Waals surface area contributed by atoms with Gasteiger partial charge in [0.15, 0.2) is 11.6 Å². The van der Waals surface area contributed by atoms with E-state index in [0.717, 1.165) is 31.9 Å². The summed E-state index contributed by atoms with van der Waals surface area (Å²) in [7, 11) is 3.61. The SMILES string of the molecule is COc1cc(N2CCN(C)CC2)ccc1F. The lowest BCUT2D eigenvalue weighted by Crippen LogP contribution is -2.44. The Morgan fingerprint density at radius 2 is 1.88 bits per heavy atom. The predicted molar refractivity (Wildman–Crippen MR) is 62.7 cm³/mol. The molecule has 0 bridgehead atoms. The fraction of sp³-hybridized carbons (Fsp3) is 0.500. The summed E-state index contributed by atoms with van der Waals surface area (Å²) in [6.45, 7) is 4.04. The number of anilines is 1. The second-order valence-electron chi connectivity index (χ2n) is 4.11. The summed E-state index contributed by atoms with van der Waals surface area (Å²) in [5.74, 6) is 0.0109. The molecule has 0 unspecified atom stereocenters. The quantitative estimate of drug-likeness (QED) is 0.758. The highest BCUT2D eigenvalue weighted by Crippen LogP contribution is 2.24. The van der Waals surface area contributed by atoms with E-state index in [4.69, 9.17) is 4.74 Å². The number of piperazine rings is 1. The van der Waals surface area contributed by atoms with Gasteiger partial charge in [0.25, 0.3) is 0 Å². The third-order valence-corrected chi connectivity index (χ3v) is 3.00. The number of hydrogen-bond donors (Lipinski definition) is 0. The van der Waals surface area contributed by atoms with E-state index in [0.29, 0.717) is 5.75 Å². The first-order valence-corrected chi connectivity index (χ1v) is 5.48. The molecular formula is C12H17FN2O. The van der Waals surface area contributed by atoms with Crippen molar-refractivity contribution in [2.75, 3.05) is 45.2 Å². The van der Waals surface area contributed by atoms with Gasteiger partial charge in [-0.3, -0.25) is 0 Å². The molecule has 2 rings (SSSR count). The van der Waals surface area contributed by atoms with E-state index in [1.54, 1.807) is 6.07 Å². The number of ether oxygens (including phenoxy) is 1. The summed E-state index contributed by atoms with van der Waals surface area (Å²) < 4.78 is 18.2. The standard InChI is InChI=1S/C12H17FN2O/c1-14-5-7-15(8-6-14)10-3-4-11(13)12(9-10)16-2/h3-4,9H,5-8H2,1-2H3. The van der Waals surface area contributed by atoms with Crippen molar-refractivity contribution in [3.05, 3.63) is 24.0 Å². The average Bonchev–Trinajstić information content (AvgIpc) is 2.31. The molecule has 1 aromatic rings. The summed E-state index contributed by atoms with van der Waals surface area (Å²) in [4.78, 5) is 4.54. The molecule has 0 N–H and O–H groups in total. The van der Waals surface area contributed by atoms with Crippen LogP contribution in [-0.2, 0) is 0 Å². The maximum absolute atomic E-state index is 13.2. The zero-order valence-electron chi connectivity index (χ0n) is 9.74. The molecule has 0 atom stereocenters. The van der Waals surface area contributed by atoms with Gasteiger partial charge in [-0.1, -0.05) is 0 Å². The fourth-order valence-electron chi connectivity index (χ4n) is 1.91. The van der Waals surface area contributed by atoms with Crippen molar-refractivity contribution in [2.24, 2.45) is 0 Å². The number of methoxy groups -OCH3 is 1. The van der Waals surface area contributed by atoms with Crippen molar-refractivity contribution in [3.8, 4) is 5.75 Å². The number of rotatable bonds is 2. The molecule has 4 heteroatoms. The molecule has 88 valence electrons. The lowest BCUT2D eigenvalue weighted by molar-refractivity contribution is 0.312. The number of nitrogens with zero attached hydrogens (tertiary/aromatic N) is 2. The number of likely N-dealkylation sites (N-methyl/N-ethyl adjacent to an activating group) is 1. The highest BCUT2D eigenvalue weighted by molar-refractivity contribution is 5.51. The fourth-order valence-corrected chi connectivity index (χ4v) is 1.91. The van der Waals surface area contributed by atoms with Crippen molar-refractivity contribution < 1.29 is 9.13 Å². The van der Waals surface area contributed by atoms with Crippen LogP contribution in [0.3, 0.4) is 0 Å². The van der Waals surface area contributed by atoms with E-state index < -0.39 is 0 Å². The van der Waals surface area contributed by atoms with Gasteiger partial charge in [0.1, 0.15) is 0 Å². The van der Waals surface area contributed by atoms with Crippen LogP contribution in [0.5, 0.6) is 5.75 Å². The molecule has 1 saturated heterocycles. The Kier molecular flexibility index (Phi) is 3.29. The zero-order valence-corrected chi connectivity index (χ0v) is 9.74. The van der Waals surface area contributed by atoms with E-state index in [1.807, 2.05) is 6.07 Å². The van der Waals surface area contributed by atoms with Crippen LogP contribution >= 0.6 is 0 Å². The molecule has 0 aromatic heterocycles. The van der Waals surface area contributed by atoms with Crippen molar-refractivity contribution in [3.63, 3.8) is 0 Å². The number of halogens is 1. The van der Waals surface area contributed by atoms with E-state index in [1.165, 1.54) is 13.2 Å². The Morgan fingerprint density at radius 3 is 2.50 bits per heavy atom. The van der Waals surface area contributed by atoms with Gasteiger partial charge in [0.2, 0.25) is 0 Å². The second kappa shape index (κ2) is 4.70. The van der Waals surface area contributed by atoms with Gasteiger partial charge in [-0.2, -0.15) is 0 Å². The molecule has 0 amide bonds. The van der Waals surface area contributed by atoms with Gasteiger partial charge in [-0.05, 0) is 19.2 Å². The smallest absolute Gasteiger partial charge is 0.165 e. The topological polar surface area (TPSA) is 15.7 Å². The number of benzene rings is 1. The van der Waals surface area contributed by atoms with Gasteiger partial charge in [-0.15, -0.1) is 0 Å². The van der Waals surface area contributed by atoms with Crippen LogP contribution in [0.15, 0.2) is 18.2 Å². The minimum absolute atomic E-state index is 0.305. The monoisotopic (exact) mass is 224 g/mol. The molecule has 1 aliphatic heterocycles. The Morgan fingerprint density at radius 1 is 1.19 bits per heavy atom. The molecule has 0 radical (unpaired) electrons. The van der Waals surface area contributed by atoms with Crippen molar-refractivity contribution >= 4 is 5.69 Å². The highest BCUT2D eigenvalue weighted by Gasteiger charge is 2.15. The van der Waals surface area contributed by atoms with Crippen molar-refractivity contribution in [2.45, 2.75) is 0 Å². The van der Waals surface area contributed by atoms with E-state index in [-0.39, 0.29) is 5.82 Å². The largest absolute Gasteiger partial charge is 0.494 e. The molecule has 1 aromatic carbocycles. The number of hydrogen-bond acceptors (Lipinski definition) is 3. The van der Waals surface area contributed by atoms with Crippen LogP contribution in [0.4, 0.5) is 10.1 Å². The second-order valence-corrected chi connectivity index (χ2v) is 4.11. The molecule has 3 nitrogen and oxygen atoms in total. The predicted octanol–water partition coefficient (Wildman–Crippen LogP) is 1.59. The molecule has 0 spiro atoms. The van der Waals surface area contributed by atoms with Crippen LogP contribution in [0.1, 0.15) is 0 Å². The Hall–Kier alpha value is -1.29. The Balaban J connectivity index is 2.14. The minimum atomic E-state index is -0.305. The van der Waals surface area contributed by atoms with Gasteiger partial charge in [-0.25, -0.2) is 4.39 Å². The molecule has 0 saturated carbocycles. The molecular weight excluding hydrogens is 207 g/mol. The minimum Gasteiger partial charge on any atom is -0.494 e. The molecule has 0 aliphatic carbocycles. The van der Waals surface area contributed by atoms with E-state index in [9.17, 15) is 4.39 Å². The summed E-state index contributed by atoms with van der Waals surface area (Å²) >= 11 is 0. The van der Waals surface area contributed by atoms with Crippen LogP contribution in [0.25, 0.3) is 0 Å². The Labute approximate surface area is 95.4 Å². The molecule has 1 fully saturated rings. The summed E-state index contributed by atoms with van der Waals surface area (Å²) in [6, 6.07) is 5.04. The van der Waals surface area contributed by atoms with E-state index >= 15 is 0 Å². The maximum Gasteiger partial charge on any atom is 0.165 e. The van der Waals surface area contributed by atoms with Crippen molar-refractivity contribution in [1.82, 2.24) is 4.90 Å². The lowest BCUT2D eigenvalue weighted by Gasteiger charge is -2.34. The zero-order chi connectivity index (χ0) is 11.5. The summed E-state index contributed by atoms with van der Waals surface area (Å²) in [5, 5.41) is 0. The first-order valence-electron chi connectivity index (χ1n) is 5.48. The normalized spacial score (nSPS) is 17.6. The van der Waals surface area contributed by atoms with Crippen LogP contribution < -0.4 is 9.64 Å². The van der Waals surface area contributed by atoms with Crippen LogP contribution in [0, 0.1) is 5.82 Å². The summed E-state index contributed by atoms with van der Waals surface area (Å²) in [5.41, 5.74) is 1.03. The highest BCUT2D eigenvalue weighted by atomic mass is 19.1. The van der Waals surface area contributed by atoms with Crippen LogP contribution in [0.2, 0.25) is 0 Å². The first-order chi connectivity index (χ1) is 7.70. The third-order valence-electron chi connectivity index (χ3n) is 3.00. The molecule has 1 heterocycles. The molecule has 1 aliphatic rings. The van der Waals surface area contributed by atoms with Gasteiger partial charge < -0.3 is 14.5 Å². The third kappa shape index (κ3) is 2.27. The van der Waals surface area contributed by atoms with Gasteiger partial charge >= 0.3 is 0 Å². The lowest BCUT2D eigenvalue weighted by atomic mass is 10.2. The van der Waals surface area contributed by atoms with Gasteiger partial charge in [0, 0.05) is 37.9 Å². The van der Waals surface area contributed by atoms with Gasteiger partial charge in [0.05, 0.1) is 7.11 Å². The average molecular weight is 224 g/mol.